The maximum absolute atomic E-state index is 11.6. The van der Waals surface area contributed by atoms with Crippen LogP contribution in [-0.4, -0.2) is 29.0 Å². The summed E-state index contributed by atoms with van der Waals surface area (Å²) in [6.45, 7) is 2.86. The standard InChI is InChI=1S/C11H14N4OS.2ClH/c1-7-15-10(6-17-7)8-4-9(14-5-8)11(16)13-3-2-12;;/h4-6,14H,2-3,12H2,1H3,(H,13,16);2*1H. The number of nitrogens with two attached hydrogens (primary N) is 1. The van der Waals surface area contributed by atoms with E-state index in [1.54, 1.807) is 23.6 Å². The lowest BCUT2D eigenvalue weighted by atomic mass is 10.2. The van der Waals surface area contributed by atoms with Crippen molar-refractivity contribution in [2.24, 2.45) is 5.73 Å². The summed E-state index contributed by atoms with van der Waals surface area (Å²) in [7, 11) is 0. The molecular weight excluding hydrogens is 307 g/mol. The fourth-order valence-corrected chi connectivity index (χ4v) is 2.07. The number of aromatic nitrogens is 2. The maximum Gasteiger partial charge on any atom is 0.267 e. The Labute approximate surface area is 127 Å². The van der Waals surface area contributed by atoms with Gasteiger partial charge < -0.3 is 16.0 Å². The molecule has 0 saturated carbocycles. The SMILES string of the molecule is Cc1nc(-c2c[nH]c(C(=O)NCCN)c2)cs1.Cl.Cl. The first kappa shape index (κ1) is 17.9. The van der Waals surface area contributed by atoms with Crippen molar-refractivity contribution in [1.82, 2.24) is 15.3 Å². The molecular formula is C11H16Cl2N4OS. The van der Waals surface area contributed by atoms with Crippen LogP contribution in [0.25, 0.3) is 11.3 Å². The van der Waals surface area contributed by atoms with E-state index in [1.165, 1.54) is 0 Å². The minimum absolute atomic E-state index is 0. The molecule has 0 spiro atoms. The molecule has 0 aliphatic heterocycles. The van der Waals surface area contributed by atoms with E-state index in [1.807, 2.05) is 12.3 Å². The summed E-state index contributed by atoms with van der Waals surface area (Å²) in [5, 5.41) is 5.69. The molecule has 0 aliphatic rings. The summed E-state index contributed by atoms with van der Waals surface area (Å²) in [5.74, 6) is -0.145. The second-order valence-electron chi connectivity index (χ2n) is 3.60. The van der Waals surface area contributed by atoms with Crippen LogP contribution in [0.1, 0.15) is 15.5 Å². The number of aromatic amines is 1. The van der Waals surface area contributed by atoms with Gasteiger partial charge in [-0.15, -0.1) is 36.2 Å². The molecule has 106 valence electrons. The minimum atomic E-state index is -0.145. The first-order valence-electron chi connectivity index (χ1n) is 5.30. The van der Waals surface area contributed by atoms with E-state index in [0.717, 1.165) is 16.3 Å². The number of carbonyl (C=O) groups excluding carboxylic acids is 1. The molecule has 5 nitrogen and oxygen atoms in total. The largest absolute Gasteiger partial charge is 0.357 e. The van der Waals surface area contributed by atoms with Gasteiger partial charge in [0.15, 0.2) is 0 Å². The molecule has 0 aliphatic carbocycles. The highest BCUT2D eigenvalue weighted by atomic mass is 35.5. The summed E-state index contributed by atoms with van der Waals surface area (Å²) in [4.78, 5) is 18.9. The third-order valence-corrected chi connectivity index (χ3v) is 3.05. The number of thiazole rings is 1. The fourth-order valence-electron chi connectivity index (χ4n) is 1.45. The lowest BCUT2D eigenvalue weighted by Gasteiger charge is -1.99. The summed E-state index contributed by atoms with van der Waals surface area (Å²) in [5.41, 5.74) is 7.66. The number of rotatable bonds is 4. The first-order chi connectivity index (χ1) is 8.20. The van der Waals surface area contributed by atoms with Crippen molar-refractivity contribution in [3.05, 3.63) is 28.3 Å². The van der Waals surface area contributed by atoms with Crippen molar-refractivity contribution in [3.8, 4) is 11.3 Å². The number of hydrogen-bond acceptors (Lipinski definition) is 4. The molecule has 1 amide bonds. The minimum Gasteiger partial charge on any atom is -0.357 e. The molecule has 0 radical (unpaired) electrons. The molecule has 2 heterocycles. The molecule has 0 unspecified atom stereocenters. The second kappa shape index (κ2) is 8.16. The predicted octanol–water partition coefficient (Wildman–Crippen LogP) is 1.98. The van der Waals surface area contributed by atoms with Gasteiger partial charge in [0.2, 0.25) is 0 Å². The molecule has 4 N–H and O–H groups in total. The van der Waals surface area contributed by atoms with Crippen LogP contribution >= 0.6 is 36.2 Å². The van der Waals surface area contributed by atoms with Crippen LogP contribution in [-0.2, 0) is 0 Å². The highest BCUT2D eigenvalue weighted by Gasteiger charge is 2.10. The van der Waals surface area contributed by atoms with Crippen LogP contribution in [0, 0.1) is 6.92 Å². The Morgan fingerprint density at radius 3 is 2.84 bits per heavy atom. The van der Waals surface area contributed by atoms with Crippen LogP contribution in [0.5, 0.6) is 0 Å². The lowest BCUT2D eigenvalue weighted by Crippen LogP contribution is -2.29. The van der Waals surface area contributed by atoms with Crippen LogP contribution in [0.2, 0.25) is 0 Å². The Hall–Kier alpha value is -1.08. The number of carbonyl (C=O) groups is 1. The van der Waals surface area contributed by atoms with Crippen LogP contribution in [0.15, 0.2) is 17.6 Å². The summed E-state index contributed by atoms with van der Waals surface area (Å²) >= 11 is 1.59. The number of hydrogen-bond donors (Lipinski definition) is 3. The van der Waals surface area contributed by atoms with Crippen LogP contribution < -0.4 is 11.1 Å². The molecule has 0 fully saturated rings. The van der Waals surface area contributed by atoms with Gasteiger partial charge in [-0.3, -0.25) is 4.79 Å². The van der Waals surface area contributed by atoms with Crippen molar-refractivity contribution < 1.29 is 4.79 Å². The van der Waals surface area contributed by atoms with Gasteiger partial charge in [0, 0.05) is 30.2 Å². The van der Waals surface area contributed by atoms with Gasteiger partial charge in [-0.25, -0.2) is 4.98 Å². The highest BCUT2D eigenvalue weighted by Crippen LogP contribution is 2.22. The van der Waals surface area contributed by atoms with Gasteiger partial charge in [0.05, 0.1) is 10.7 Å². The van der Waals surface area contributed by atoms with E-state index in [0.29, 0.717) is 18.8 Å². The van der Waals surface area contributed by atoms with Gasteiger partial charge >= 0.3 is 0 Å². The topological polar surface area (TPSA) is 83.8 Å². The third kappa shape index (κ3) is 4.50. The molecule has 0 atom stereocenters. The molecule has 2 aromatic heterocycles. The second-order valence-corrected chi connectivity index (χ2v) is 4.66. The van der Waals surface area contributed by atoms with Gasteiger partial charge in [0.25, 0.3) is 5.91 Å². The average molecular weight is 323 g/mol. The summed E-state index contributed by atoms with van der Waals surface area (Å²) in [6, 6.07) is 1.79. The molecule has 0 aromatic carbocycles. The average Bonchev–Trinajstić information content (AvgIpc) is 2.93. The number of nitrogens with one attached hydrogen (secondary N) is 2. The van der Waals surface area contributed by atoms with Gasteiger partial charge in [0.1, 0.15) is 5.69 Å². The van der Waals surface area contributed by atoms with Crippen LogP contribution in [0.4, 0.5) is 0 Å². The van der Waals surface area contributed by atoms with Crippen molar-refractivity contribution in [2.45, 2.75) is 6.92 Å². The third-order valence-electron chi connectivity index (χ3n) is 2.27. The van der Waals surface area contributed by atoms with Crippen molar-refractivity contribution >= 4 is 42.1 Å². The monoisotopic (exact) mass is 322 g/mol. The molecule has 19 heavy (non-hydrogen) atoms. The Bertz CT molecular complexity index is 526. The van der Waals surface area contributed by atoms with E-state index in [-0.39, 0.29) is 30.7 Å². The molecule has 2 aromatic rings. The Balaban J connectivity index is 0.00000162. The number of amides is 1. The Morgan fingerprint density at radius 2 is 2.26 bits per heavy atom. The predicted molar refractivity (Wildman–Crippen MR) is 82.5 cm³/mol. The first-order valence-corrected chi connectivity index (χ1v) is 6.18. The van der Waals surface area contributed by atoms with E-state index in [9.17, 15) is 4.79 Å². The molecule has 0 bridgehead atoms. The summed E-state index contributed by atoms with van der Waals surface area (Å²) < 4.78 is 0. The molecule has 2 rings (SSSR count). The molecule has 8 heteroatoms. The van der Waals surface area contributed by atoms with E-state index < -0.39 is 0 Å². The van der Waals surface area contributed by atoms with Gasteiger partial charge in [-0.2, -0.15) is 0 Å². The smallest absolute Gasteiger partial charge is 0.267 e. The Morgan fingerprint density at radius 1 is 1.53 bits per heavy atom. The van der Waals surface area contributed by atoms with Crippen LogP contribution in [0.3, 0.4) is 0 Å². The van der Waals surface area contributed by atoms with Crippen molar-refractivity contribution in [3.63, 3.8) is 0 Å². The quantitative estimate of drug-likeness (QED) is 0.804. The molecule has 0 saturated heterocycles. The van der Waals surface area contributed by atoms with Crippen molar-refractivity contribution in [1.29, 1.82) is 0 Å². The number of H-pyrrole nitrogens is 1. The zero-order chi connectivity index (χ0) is 12.3. The fraction of sp³-hybridized carbons (Fsp3) is 0.273. The van der Waals surface area contributed by atoms with E-state index in [4.69, 9.17) is 5.73 Å². The summed E-state index contributed by atoms with van der Waals surface area (Å²) in [6.07, 6.45) is 1.78. The maximum atomic E-state index is 11.6. The van der Waals surface area contributed by atoms with Gasteiger partial charge in [-0.1, -0.05) is 0 Å². The zero-order valence-corrected chi connectivity index (χ0v) is 12.8. The number of aryl methyl sites for hydroxylation is 1. The Kier molecular flexibility index (Phi) is 7.70. The normalized spacial score (nSPS) is 9.37. The highest BCUT2D eigenvalue weighted by molar-refractivity contribution is 7.09. The number of halogens is 2. The van der Waals surface area contributed by atoms with Gasteiger partial charge in [-0.05, 0) is 13.0 Å². The van der Waals surface area contributed by atoms with E-state index in [2.05, 4.69) is 15.3 Å². The van der Waals surface area contributed by atoms with Crippen molar-refractivity contribution in [2.75, 3.05) is 13.1 Å². The zero-order valence-electron chi connectivity index (χ0n) is 10.3. The number of nitrogens with zero attached hydrogens (tertiary/aromatic N) is 1. The van der Waals surface area contributed by atoms with E-state index >= 15 is 0 Å². The lowest BCUT2D eigenvalue weighted by molar-refractivity contribution is 0.0950.